The summed E-state index contributed by atoms with van der Waals surface area (Å²) in [7, 11) is 0. The van der Waals surface area contributed by atoms with E-state index in [4.69, 9.17) is 5.11 Å². The summed E-state index contributed by atoms with van der Waals surface area (Å²) in [5.74, 6) is -0.849. The molecule has 1 saturated carbocycles. The lowest BCUT2D eigenvalue weighted by Crippen LogP contribution is -2.41. The fourth-order valence-electron chi connectivity index (χ4n) is 3.48. The van der Waals surface area contributed by atoms with Gasteiger partial charge in [0.1, 0.15) is 0 Å². The minimum Gasteiger partial charge on any atom is -0.481 e. The van der Waals surface area contributed by atoms with Gasteiger partial charge in [0.15, 0.2) is 0 Å². The molecule has 1 heterocycles. The van der Waals surface area contributed by atoms with Crippen molar-refractivity contribution in [3.05, 3.63) is 52.2 Å². The highest BCUT2D eigenvalue weighted by molar-refractivity contribution is 7.10. The third kappa shape index (κ3) is 3.51. The summed E-state index contributed by atoms with van der Waals surface area (Å²) >= 11 is 1.64. The van der Waals surface area contributed by atoms with E-state index < -0.39 is 11.4 Å². The van der Waals surface area contributed by atoms with Gasteiger partial charge in [0.2, 0.25) is 5.91 Å². The molecule has 1 aromatic carbocycles. The highest BCUT2D eigenvalue weighted by atomic mass is 32.1. The molecule has 1 aliphatic rings. The zero-order chi connectivity index (χ0) is 17.0. The van der Waals surface area contributed by atoms with Crippen molar-refractivity contribution in [2.45, 2.75) is 43.9 Å². The number of carboxylic acids is 1. The predicted octanol–water partition coefficient (Wildman–Crippen LogP) is 4.22. The van der Waals surface area contributed by atoms with Crippen LogP contribution in [0.1, 0.15) is 42.5 Å². The zero-order valence-corrected chi connectivity index (χ0v) is 14.3. The molecule has 4 nitrogen and oxygen atoms in total. The number of hydrogen-bond acceptors (Lipinski definition) is 3. The molecule has 3 rings (SSSR count). The van der Waals surface area contributed by atoms with Crippen LogP contribution in [0.15, 0.2) is 41.8 Å². The number of anilines is 1. The van der Waals surface area contributed by atoms with Gasteiger partial charge < -0.3 is 10.4 Å². The third-order valence-corrected chi connectivity index (χ3v) is 5.75. The fraction of sp³-hybridized carbons (Fsp3) is 0.368. The average Bonchev–Trinajstić information content (AvgIpc) is 3.10. The van der Waals surface area contributed by atoms with Crippen LogP contribution in [0.25, 0.3) is 0 Å². The molecule has 1 aromatic heterocycles. The predicted molar refractivity (Wildman–Crippen MR) is 95.5 cm³/mol. The van der Waals surface area contributed by atoms with Crippen molar-refractivity contribution in [1.29, 1.82) is 0 Å². The van der Waals surface area contributed by atoms with Crippen LogP contribution in [-0.2, 0) is 21.4 Å². The number of carbonyl (C=O) groups excluding carboxylic acids is 1. The van der Waals surface area contributed by atoms with E-state index >= 15 is 0 Å². The van der Waals surface area contributed by atoms with Crippen LogP contribution in [0, 0.1) is 0 Å². The largest absolute Gasteiger partial charge is 0.481 e. The number of aliphatic carboxylic acids is 1. The Balaban J connectivity index is 1.83. The molecule has 1 aliphatic carbocycles. The van der Waals surface area contributed by atoms with E-state index in [1.807, 2.05) is 17.5 Å². The van der Waals surface area contributed by atoms with Gasteiger partial charge in [-0.2, -0.15) is 0 Å². The summed E-state index contributed by atoms with van der Waals surface area (Å²) in [5.41, 5.74) is 0.907. The number of nitrogens with one attached hydrogen (secondary N) is 1. The molecule has 2 N–H and O–H groups in total. The molecule has 1 fully saturated rings. The van der Waals surface area contributed by atoms with Crippen molar-refractivity contribution in [2.24, 2.45) is 0 Å². The average molecular weight is 343 g/mol. The van der Waals surface area contributed by atoms with Gasteiger partial charge in [-0.05, 0) is 42.0 Å². The second-order valence-electron chi connectivity index (χ2n) is 6.35. The Kier molecular flexibility index (Phi) is 5.00. The molecule has 126 valence electrons. The summed E-state index contributed by atoms with van der Waals surface area (Å²) in [5, 5.41) is 14.0. The molecule has 0 spiro atoms. The maximum Gasteiger partial charge on any atom is 0.307 e. The quantitative estimate of drug-likeness (QED) is 0.854. The molecule has 0 radical (unpaired) electrons. The molecule has 0 bridgehead atoms. The van der Waals surface area contributed by atoms with Crippen molar-refractivity contribution in [2.75, 3.05) is 5.32 Å². The Morgan fingerprint density at radius 3 is 2.58 bits per heavy atom. The minimum atomic E-state index is -0.874. The van der Waals surface area contributed by atoms with Crippen LogP contribution >= 0.6 is 11.3 Å². The molecule has 0 saturated heterocycles. The van der Waals surface area contributed by atoms with Gasteiger partial charge in [0, 0.05) is 10.6 Å². The first-order valence-corrected chi connectivity index (χ1v) is 9.14. The van der Waals surface area contributed by atoms with Crippen LogP contribution in [0.5, 0.6) is 0 Å². The molecular weight excluding hydrogens is 322 g/mol. The lowest BCUT2D eigenvalue weighted by Gasteiger charge is -2.35. The second kappa shape index (κ2) is 7.18. The van der Waals surface area contributed by atoms with Crippen LogP contribution in [0.3, 0.4) is 0 Å². The van der Waals surface area contributed by atoms with Crippen molar-refractivity contribution < 1.29 is 14.7 Å². The van der Waals surface area contributed by atoms with Gasteiger partial charge in [0.25, 0.3) is 0 Å². The van der Waals surface area contributed by atoms with Gasteiger partial charge in [-0.25, -0.2) is 0 Å². The van der Waals surface area contributed by atoms with E-state index in [0.29, 0.717) is 11.3 Å². The third-order valence-electron chi connectivity index (χ3n) is 4.67. The maximum atomic E-state index is 13.1. The molecule has 2 aromatic rings. The summed E-state index contributed by atoms with van der Waals surface area (Å²) in [4.78, 5) is 25.1. The molecule has 0 unspecified atom stereocenters. The molecular formula is C19H21NO3S. The van der Waals surface area contributed by atoms with E-state index in [2.05, 4.69) is 11.4 Å². The van der Waals surface area contributed by atoms with Gasteiger partial charge >= 0.3 is 5.97 Å². The van der Waals surface area contributed by atoms with Crippen molar-refractivity contribution in [3.63, 3.8) is 0 Å². The number of amides is 1. The molecule has 24 heavy (non-hydrogen) atoms. The Bertz CT molecular complexity index is 718. The van der Waals surface area contributed by atoms with Crippen LogP contribution < -0.4 is 5.32 Å². The first-order chi connectivity index (χ1) is 11.6. The minimum absolute atomic E-state index is 0.0251. The van der Waals surface area contributed by atoms with Crippen LogP contribution in [-0.4, -0.2) is 17.0 Å². The Morgan fingerprint density at radius 1 is 1.12 bits per heavy atom. The van der Waals surface area contributed by atoms with Gasteiger partial charge in [0.05, 0.1) is 11.8 Å². The maximum absolute atomic E-state index is 13.1. The lowest BCUT2D eigenvalue weighted by atomic mass is 9.72. The SMILES string of the molecule is O=C(O)Cc1cccc(NC(=O)C2(c3cccs3)CCCCC2)c1. The van der Waals surface area contributed by atoms with Crippen LogP contribution in [0.4, 0.5) is 5.69 Å². The van der Waals surface area contributed by atoms with E-state index in [9.17, 15) is 9.59 Å². The number of benzene rings is 1. The van der Waals surface area contributed by atoms with Crippen molar-refractivity contribution >= 4 is 28.9 Å². The zero-order valence-electron chi connectivity index (χ0n) is 13.5. The van der Waals surface area contributed by atoms with Crippen LogP contribution in [0.2, 0.25) is 0 Å². The Hall–Kier alpha value is -2.14. The number of carbonyl (C=O) groups is 2. The summed E-state index contributed by atoms with van der Waals surface area (Å²) in [6, 6.07) is 11.2. The van der Waals surface area contributed by atoms with E-state index in [1.54, 1.807) is 29.5 Å². The first-order valence-electron chi connectivity index (χ1n) is 8.26. The lowest BCUT2D eigenvalue weighted by molar-refractivity contribution is -0.136. The number of rotatable bonds is 5. The molecule has 0 aliphatic heterocycles. The monoisotopic (exact) mass is 343 g/mol. The molecule has 0 atom stereocenters. The summed E-state index contributed by atoms with van der Waals surface area (Å²) < 4.78 is 0. The molecule has 5 heteroatoms. The summed E-state index contributed by atoms with van der Waals surface area (Å²) in [6.45, 7) is 0. The number of thiophene rings is 1. The van der Waals surface area contributed by atoms with Gasteiger partial charge in [-0.1, -0.05) is 37.5 Å². The summed E-state index contributed by atoms with van der Waals surface area (Å²) in [6.07, 6.45) is 4.99. The second-order valence-corrected chi connectivity index (χ2v) is 7.29. The van der Waals surface area contributed by atoms with E-state index in [1.165, 1.54) is 6.42 Å². The van der Waals surface area contributed by atoms with Gasteiger partial charge in [-0.15, -0.1) is 11.3 Å². The number of hydrogen-bond donors (Lipinski definition) is 2. The topological polar surface area (TPSA) is 66.4 Å². The highest BCUT2D eigenvalue weighted by Crippen LogP contribution is 2.42. The van der Waals surface area contributed by atoms with E-state index in [-0.39, 0.29) is 12.3 Å². The van der Waals surface area contributed by atoms with E-state index in [0.717, 1.165) is 30.6 Å². The Morgan fingerprint density at radius 2 is 1.92 bits per heavy atom. The first kappa shape index (κ1) is 16.7. The van der Waals surface area contributed by atoms with Gasteiger partial charge in [-0.3, -0.25) is 9.59 Å². The van der Waals surface area contributed by atoms with Crippen molar-refractivity contribution in [1.82, 2.24) is 0 Å². The van der Waals surface area contributed by atoms with Crippen molar-refractivity contribution in [3.8, 4) is 0 Å². The fourth-order valence-corrected chi connectivity index (χ4v) is 4.46. The molecule has 1 amide bonds. The highest BCUT2D eigenvalue weighted by Gasteiger charge is 2.41. The normalized spacial score (nSPS) is 16.5. The standard InChI is InChI=1S/C19H21NO3S/c21-17(22)13-14-6-4-7-15(12-14)20-18(23)19(9-2-1-3-10-19)16-8-5-11-24-16/h4-8,11-12H,1-3,9-10,13H2,(H,20,23)(H,21,22). The smallest absolute Gasteiger partial charge is 0.307 e. The number of carboxylic acid groups (broad SMARTS) is 1. The Labute approximate surface area is 145 Å².